The third kappa shape index (κ3) is 26.0. The molecule has 3 aliphatic carbocycles. The van der Waals surface area contributed by atoms with Gasteiger partial charge in [-0.2, -0.15) is 0 Å². The second-order valence-corrected chi connectivity index (χ2v) is 31.2. The van der Waals surface area contributed by atoms with Crippen LogP contribution in [0.4, 0.5) is 0 Å². The molecule has 9 heteroatoms. The quantitative estimate of drug-likeness (QED) is 0.113. The first kappa shape index (κ1) is 70.4. The predicted molar refractivity (Wildman–Crippen MR) is 489 cm³/mol. The van der Waals surface area contributed by atoms with E-state index in [1.54, 1.807) is 44.2 Å². The smallest absolute Gasteiger partial charge is 0.0352 e. The van der Waals surface area contributed by atoms with Crippen LogP contribution in [0.3, 0.4) is 0 Å². The average molecular weight is 2130 g/mol. The third-order valence-electron chi connectivity index (χ3n) is 22.9. The average Bonchev–Trinajstić information content (AvgIpc) is 0.784. The molecule has 3 aliphatic rings. The van der Waals surface area contributed by atoms with Crippen LogP contribution in [0.15, 0.2) is 322 Å². The normalized spacial score (nSPS) is 22.6. The maximum Gasteiger partial charge on any atom is 0.0352 e. The summed E-state index contributed by atoms with van der Waals surface area (Å²) in [6.07, 6.45) is 21.6. The molecule has 0 saturated heterocycles. The first-order valence-corrected chi connectivity index (χ1v) is 40.4. The van der Waals surface area contributed by atoms with Gasteiger partial charge in [0, 0.05) is 122 Å². The zero-order valence-corrected chi connectivity index (χ0v) is 76.0. The molecule has 0 spiro atoms. The Morgan fingerprint density at radius 1 is 0.273 bits per heavy atom. The van der Waals surface area contributed by atoms with Crippen LogP contribution in [0.5, 0.6) is 0 Å². The summed E-state index contributed by atoms with van der Waals surface area (Å²) in [7, 11) is 0. The topological polar surface area (TPSA) is 77.3 Å². The number of hydrogen-bond donors (Lipinski definition) is 0. The molecule has 0 aliphatic heterocycles. The van der Waals surface area contributed by atoms with E-state index < -0.39 is 51.9 Å². The van der Waals surface area contributed by atoms with E-state index in [4.69, 9.17) is 24.7 Å². The van der Waals surface area contributed by atoms with E-state index in [2.05, 4.69) is 160 Å². The van der Waals surface area contributed by atoms with Gasteiger partial charge in [0.25, 0.3) is 0 Å². The number of aryl methyl sites for hydroxylation is 7. The minimum absolute atomic E-state index is 0. The fourth-order valence-electron chi connectivity index (χ4n) is 15.1. The van der Waals surface area contributed by atoms with Gasteiger partial charge in [-0.05, 0) is 230 Å². The number of benzene rings is 9. The third-order valence-corrected chi connectivity index (χ3v) is 22.9. The van der Waals surface area contributed by atoms with E-state index in [-0.39, 0.29) is 98.8 Å². The SMILES string of the molecule is [2H]C([2H])([2H])c1c[c-]c(-c2cc(C)c(C([2H])([2H])[2H])cn2)cc1.[2H]C([2H])([2H])c1c[c-]c(-c2ccc(C([2H])([2H])[2H])cn2)cc1.[2H]C([2H])([2H])c1cnc(-c2[c-]cccc2)cc1C.[2H]C1(c2ccccc2)CCC(C)(c2ccc(-c3[c-]cccc3)nc2)CC1.[2H]C1(c2ccccc2)CCC(C)(c2ccc(-c3[c-]cccc3)nc2)CC1.[2H]C1(c2ccccc2)CCC(C)(c2ccc(-c3[c-]cccc3)nc2)CC1.[Ir].[Ir].[Ir]. The van der Waals surface area contributed by atoms with E-state index in [0.717, 1.165) is 144 Å². The van der Waals surface area contributed by atoms with Crippen LogP contribution in [-0.2, 0) is 76.6 Å². The molecule has 6 nitrogen and oxygen atoms in total. The van der Waals surface area contributed by atoms with Crippen molar-refractivity contribution < 1.29 is 85.0 Å². The molecule has 15 aromatic rings. The molecule has 18 rings (SSSR count). The maximum atomic E-state index is 8.93. The number of nitrogens with zero attached hydrogens (tertiary/aromatic N) is 6. The number of aromatic nitrogens is 6. The molecule has 9 aromatic carbocycles. The van der Waals surface area contributed by atoms with E-state index in [1.165, 1.54) is 65.6 Å². The summed E-state index contributed by atoms with van der Waals surface area (Å²) in [5.41, 5.74) is 20.0. The standard InChI is InChI=1S/3C24H24N.C14H14N.2C13H12N.3Ir/c3*1-24(16-14-20(15-17-24)19-8-4-2-5-9-19)22-12-13-23(25-18-22)21-10-6-3-7-11-21;1-10-4-6-13(7-5-10)14-8-11(2)12(3)9-15-14;1-10-3-6-12(7-4-10)13-8-5-11(2)9-14-13;1-10-8-13(14-9-11(10)2)12-6-4-3-5-7-12;;;/h3*2-10,12-13,18,20H,14-17H2,1H3;4-6,8-9H,1-3H3;2*3-6,8-9H,1-2H3;;;/q6*-1;;;/i3*20D;1D3,3D3;1D3,2D3;2D3;;;. The Morgan fingerprint density at radius 3 is 0.793 bits per heavy atom. The van der Waals surface area contributed by atoms with Crippen molar-refractivity contribution in [3.8, 4) is 67.5 Å². The Bertz CT molecular complexity index is 5900. The van der Waals surface area contributed by atoms with Gasteiger partial charge in [-0.1, -0.05) is 197 Å². The molecule has 3 saturated carbocycles. The largest absolute Gasteiger partial charge is 0.304 e. The van der Waals surface area contributed by atoms with Gasteiger partial charge >= 0.3 is 0 Å². The van der Waals surface area contributed by atoms with Crippen LogP contribution in [0.2, 0.25) is 0 Å². The van der Waals surface area contributed by atoms with Gasteiger partial charge in [0.15, 0.2) is 0 Å². The Labute approximate surface area is 788 Å². The molecule has 0 N–H and O–H groups in total. The molecule has 0 bridgehead atoms. The van der Waals surface area contributed by atoms with Crippen molar-refractivity contribution in [2.75, 3.05) is 0 Å². The fourth-order valence-corrected chi connectivity index (χ4v) is 15.1. The van der Waals surface area contributed by atoms with Crippen LogP contribution in [0.1, 0.15) is 213 Å². The van der Waals surface area contributed by atoms with E-state index in [1.807, 2.05) is 170 Å². The summed E-state index contributed by atoms with van der Waals surface area (Å²) in [5.74, 6) is -1.35. The molecule has 3 radical (unpaired) electrons. The Kier molecular flexibility index (Phi) is 26.5. The Morgan fingerprint density at radius 2 is 0.545 bits per heavy atom. The van der Waals surface area contributed by atoms with Crippen molar-refractivity contribution in [3.05, 3.63) is 431 Å². The predicted octanol–water partition coefficient (Wildman–Crippen LogP) is 28.3. The van der Waals surface area contributed by atoms with Crippen molar-refractivity contribution >= 4 is 0 Å². The summed E-state index contributed by atoms with van der Waals surface area (Å²) >= 11 is 0. The summed E-state index contributed by atoms with van der Waals surface area (Å²) in [6, 6.07) is 109. The van der Waals surface area contributed by atoms with Gasteiger partial charge in [-0.15, -0.1) is 214 Å². The van der Waals surface area contributed by atoms with Gasteiger partial charge < -0.3 is 29.9 Å². The molecule has 0 unspecified atom stereocenters. The van der Waals surface area contributed by atoms with Crippen LogP contribution >= 0.6 is 0 Å². The van der Waals surface area contributed by atoms with Crippen molar-refractivity contribution in [2.45, 2.75) is 180 Å². The second-order valence-electron chi connectivity index (χ2n) is 31.2. The van der Waals surface area contributed by atoms with Crippen LogP contribution < -0.4 is 0 Å². The van der Waals surface area contributed by atoms with E-state index in [0.29, 0.717) is 33.6 Å². The summed E-state index contributed by atoms with van der Waals surface area (Å²) in [5, 5.41) is 0. The molecule has 6 aromatic heterocycles. The number of rotatable bonds is 12. The van der Waals surface area contributed by atoms with Gasteiger partial charge in [-0.3, -0.25) is 0 Å². The number of hydrogen-bond acceptors (Lipinski definition) is 6. The minimum Gasteiger partial charge on any atom is -0.304 e. The van der Waals surface area contributed by atoms with Crippen molar-refractivity contribution in [1.82, 2.24) is 29.9 Å². The van der Waals surface area contributed by atoms with Gasteiger partial charge in [0.2, 0.25) is 0 Å². The summed E-state index contributed by atoms with van der Waals surface area (Å²) < 4.78 is 137. The molecule has 621 valence electrons. The molecule has 6 heterocycles. The fraction of sp³-hybridized carbons (Fsp3) is 0.250. The van der Waals surface area contributed by atoms with Gasteiger partial charge in [-0.25, -0.2) is 0 Å². The van der Waals surface area contributed by atoms with Crippen LogP contribution in [-0.4, -0.2) is 29.9 Å². The van der Waals surface area contributed by atoms with Gasteiger partial charge in [0.1, 0.15) is 0 Å². The molecule has 3 fully saturated rings. The first-order chi connectivity index (χ1) is 64.5. The number of pyridine rings is 6. The van der Waals surface area contributed by atoms with Crippen LogP contribution in [0, 0.1) is 84.5 Å². The molecular formula is C112H110Ir3N6-6. The molecular weight excluding hydrogens is 2010 g/mol. The maximum absolute atomic E-state index is 8.93. The molecule has 0 amide bonds. The zero-order valence-electron chi connectivity index (χ0n) is 86.8. The van der Waals surface area contributed by atoms with Crippen LogP contribution in [0.25, 0.3) is 67.5 Å². The monoisotopic (exact) mass is 2140 g/mol. The van der Waals surface area contributed by atoms with Crippen molar-refractivity contribution in [2.24, 2.45) is 0 Å². The second kappa shape index (κ2) is 45.6. The molecule has 121 heavy (non-hydrogen) atoms. The van der Waals surface area contributed by atoms with Crippen molar-refractivity contribution in [3.63, 3.8) is 0 Å². The Balaban J connectivity index is 0.000000172. The molecule has 0 atom stereocenters. The minimum atomic E-state index is -2.19. The zero-order chi connectivity index (χ0) is 97.4. The first-order valence-electron chi connectivity index (χ1n) is 49.4. The summed E-state index contributed by atoms with van der Waals surface area (Å²) in [6.45, 7) is -0.327. The Hall–Kier alpha value is -10.2. The van der Waals surface area contributed by atoms with E-state index >= 15 is 0 Å². The van der Waals surface area contributed by atoms with Gasteiger partial charge in [0.05, 0.1) is 0 Å². The summed E-state index contributed by atoms with van der Waals surface area (Å²) in [4.78, 5) is 26.5. The van der Waals surface area contributed by atoms with E-state index in [9.17, 15) is 0 Å². The van der Waals surface area contributed by atoms with Crippen molar-refractivity contribution in [1.29, 1.82) is 0 Å².